The zero-order valence-corrected chi connectivity index (χ0v) is 9.44. The number of nitrogens with zero attached hydrogens (tertiary/aromatic N) is 4. The zero-order chi connectivity index (χ0) is 11.0. The molecule has 2 rings (SSSR count). The van der Waals surface area contributed by atoms with Crippen LogP contribution in [0, 0.1) is 20.8 Å². The van der Waals surface area contributed by atoms with E-state index in [1.165, 1.54) is 0 Å². The third-order valence-corrected chi connectivity index (χ3v) is 2.26. The van der Waals surface area contributed by atoms with Crippen LogP contribution in [0.1, 0.15) is 17.2 Å². The lowest BCUT2D eigenvalue weighted by Crippen LogP contribution is -1.93. The fraction of sp³-hybridized carbons (Fsp3) is 0.364. The van der Waals surface area contributed by atoms with Crippen LogP contribution in [0.3, 0.4) is 0 Å². The summed E-state index contributed by atoms with van der Waals surface area (Å²) in [5, 5.41) is 4.30. The summed E-state index contributed by atoms with van der Waals surface area (Å²) in [5.74, 6) is 0.799. The van der Waals surface area contributed by atoms with Gasteiger partial charge in [-0.3, -0.25) is 4.68 Å². The van der Waals surface area contributed by atoms with Crippen LogP contribution in [-0.4, -0.2) is 19.7 Å². The Morgan fingerprint density at radius 3 is 2.40 bits per heavy atom. The van der Waals surface area contributed by atoms with Crippen molar-refractivity contribution < 1.29 is 0 Å². The Labute approximate surface area is 89.0 Å². The molecule has 2 aromatic heterocycles. The van der Waals surface area contributed by atoms with E-state index in [1.807, 2.05) is 40.1 Å². The van der Waals surface area contributed by atoms with Gasteiger partial charge in [-0.25, -0.2) is 9.97 Å². The smallest absolute Gasteiger partial charge is 0.126 e. The van der Waals surface area contributed by atoms with Crippen molar-refractivity contribution in [1.29, 1.82) is 0 Å². The third-order valence-electron chi connectivity index (χ3n) is 2.26. The summed E-state index contributed by atoms with van der Waals surface area (Å²) in [7, 11) is 1.91. The first-order chi connectivity index (χ1) is 7.06. The van der Waals surface area contributed by atoms with Gasteiger partial charge in [0.2, 0.25) is 0 Å². The van der Waals surface area contributed by atoms with Gasteiger partial charge < -0.3 is 0 Å². The Bertz CT molecular complexity index is 479. The van der Waals surface area contributed by atoms with Crippen molar-refractivity contribution in [2.75, 3.05) is 0 Å². The van der Waals surface area contributed by atoms with Gasteiger partial charge in [0, 0.05) is 24.5 Å². The lowest BCUT2D eigenvalue weighted by atomic mass is 10.1. The molecule has 0 bridgehead atoms. The normalized spacial score (nSPS) is 10.7. The second-order valence-electron chi connectivity index (χ2n) is 3.74. The van der Waals surface area contributed by atoms with Crippen LogP contribution >= 0.6 is 0 Å². The number of rotatable bonds is 1. The first kappa shape index (κ1) is 9.83. The van der Waals surface area contributed by atoms with Crippen LogP contribution in [0.25, 0.3) is 11.3 Å². The summed E-state index contributed by atoms with van der Waals surface area (Å²) in [4.78, 5) is 8.67. The van der Waals surface area contributed by atoms with Crippen molar-refractivity contribution >= 4 is 0 Å². The van der Waals surface area contributed by atoms with Crippen LogP contribution in [0.5, 0.6) is 0 Å². The standard InChI is InChI=1S/C11H14N4/c1-7-5-11(13-9(3)12-7)10-6-15(4)14-8(10)2/h5-6H,1-4H3. The quantitative estimate of drug-likeness (QED) is 0.708. The van der Waals surface area contributed by atoms with E-state index in [2.05, 4.69) is 15.1 Å². The van der Waals surface area contributed by atoms with Gasteiger partial charge in [0.15, 0.2) is 0 Å². The van der Waals surface area contributed by atoms with E-state index in [0.717, 1.165) is 28.5 Å². The predicted octanol–water partition coefficient (Wildman–Crippen LogP) is 1.80. The molecule has 0 amide bonds. The molecule has 4 heteroatoms. The fourth-order valence-corrected chi connectivity index (χ4v) is 1.71. The Hall–Kier alpha value is -1.71. The third kappa shape index (κ3) is 1.88. The summed E-state index contributed by atoms with van der Waals surface area (Å²) < 4.78 is 1.80. The van der Waals surface area contributed by atoms with E-state index in [0.29, 0.717) is 0 Å². The van der Waals surface area contributed by atoms with Gasteiger partial charge in [0.25, 0.3) is 0 Å². The average Bonchev–Trinajstić information content (AvgIpc) is 2.43. The van der Waals surface area contributed by atoms with Crippen LogP contribution < -0.4 is 0 Å². The molecular weight excluding hydrogens is 188 g/mol. The topological polar surface area (TPSA) is 43.6 Å². The SMILES string of the molecule is Cc1cc(-c2cn(C)nc2C)nc(C)n1. The molecule has 0 aliphatic rings. The van der Waals surface area contributed by atoms with Crippen LogP contribution in [0.4, 0.5) is 0 Å². The van der Waals surface area contributed by atoms with Gasteiger partial charge in [0.05, 0.1) is 11.4 Å². The monoisotopic (exact) mass is 202 g/mol. The largest absolute Gasteiger partial charge is 0.275 e. The zero-order valence-electron chi connectivity index (χ0n) is 9.44. The van der Waals surface area contributed by atoms with Crippen LogP contribution in [-0.2, 0) is 7.05 Å². The molecule has 0 atom stereocenters. The molecular formula is C11H14N4. The van der Waals surface area contributed by atoms with E-state index in [4.69, 9.17) is 0 Å². The first-order valence-electron chi connectivity index (χ1n) is 4.89. The Morgan fingerprint density at radius 2 is 1.87 bits per heavy atom. The summed E-state index contributed by atoms with van der Waals surface area (Å²) in [6.45, 7) is 5.87. The fourth-order valence-electron chi connectivity index (χ4n) is 1.71. The molecule has 4 nitrogen and oxygen atoms in total. The minimum absolute atomic E-state index is 0.799. The van der Waals surface area contributed by atoms with Crippen LogP contribution in [0.2, 0.25) is 0 Å². The van der Waals surface area contributed by atoms with Gasteiger partial charge in [-0.1, -0.05) is 0 Å². The van der Waals surface area contributed by atoms with Crippen molar-refractivity contribution in [3.05, 3.63) is 29.5 Å². The highest BCUT2D eigenvalue weighted by atomic mass is 15.2. The van der Waals surface area contributed by atoms with Gasteiger partial charge >= 0.3 is 0 Å². The Balaban J connectivity index is 2.58. The molecule has 0 fully saturated rings. The van der Waals surface area contributed by atoms with Crippen molar-refractivity contribution in [2.24, 2.45) is 7.05 Å². The maximum Gasteiger partial charge on any atom is 0.126 e. The van der Waals surface area contributed by atoms with Gasteiger partial charge in [0.1, 0.15) is 5.82 Å². The van der Waals surface area contributed by atoms with Crippen LogP contribution in [0.15, 0.2) is 12.3 Å². The highest BCUT2D eigenvalue weighted by Crippen LogP contribution is 2.20. The average molecular weight is 202 g/mol. The second-order valence-corrected chi connectivity index (χ2v) is 3.74. The van der Waals surface area contributed by atoms with E-state index in [9.17, 15) is 0 Å². The molecule has 0 N–H and O–H groups in total. The Morgan fingerprint density at radius 1 is 1.13 bits per heavy atom. The molecule has 15 heavy (non-hydrogen) atoms. The molecule has 0 spiro atoms. The molecule has 0 saturated heterocycles. The highest BCUT2D eigenvalue weighted by molar-refractivity contribution is 5.61. The minimum atomic E-state index is 0.799. The van der Waals surface area contributed by atoms with E-state index >= 15 is 0 Å². The maximum atomic E-state index is 4.41. The van der Waals surface area contributed by atoms with Crippen molar-refractivity contribution in [1.82, 2.24) is 19.7 Å². The predicted molar refractivity (Wildman–Crippen MR) is 58.4 cm³/mol. The van der Waals surface area contributed by atoms with Crippen molar-refractivity contribution in [3.63, 3.8) is 0 Å². The van der Waals surface area contributed by atoms with E-state index in [1.54, 1.807) is 4.68 Å². The number of hydrogen-bond acceptors (Lipinski definition) is 3. The lowest BCUT2D eigenvalue weighted by Gasteiger charge is -2.01. The maximum absolute atomic E-state index is 4.41. The highest BCUT2D eigenvalue weighted by Gasteiger charge is 2.08. The summed E-state index contributed by atoms with van der Waals surface area (Å²) in [6, 6.07) is 1.98. The lowest BCUT2D eigenvalue weighted by molar-refractivity contribution is 0.756. The molecule has 0 unspecified atom stereocenters. The molecule has 2 heterocycles. The molecule has 0 aromatic carbocycles. The minimum Gasteiger partial charge on any atom is -0.275 e. The molecule has 78 valence electrons. The van der Waals surface area contributed by atoms with Gasteiger partial charge in [-0.2, -0.15) is 5.10 Å². The summed E-state index contributed by atoms with van der Waals surface area (Å²) >= 11 is 0. The van der Waals surface area contributed by atoms with Gasteiger partial charge in [-0.05, 0) is 26.8 Å². The number of hydrogen-bond donors (Lipinski definition) is 0. The summed E-state index contributed by atoms with van der Waals surface area (Å²) in [5.41, 5.74) is 4.01. The van der Waals surface area contributed by atoms with Crippen molar-refractivity contribution in [2.45, 2.75) is 20.8 Å². The van der Waals surface area contributed by atoms with Crippen molar-refractivity contribution in [3.8, 4) is 11.3 Å². The van der Waals surface area contributed by atoms with Gasteiger partial charge in [-0.15, -0.1) is 0 Å². The van der Waals surface area contributed by atoms with E-state index < -0.39 is 0 Å². The summed E-state index contributed by atoms with van der Waals surface area (Å²) in [6.07, 6.45) is 1.98. The Kier molecular flexibility index (Phi) is 2.26. The molecule has 0 aliphatic heterocycles. The van der Waals surface area contributed by atoms with E-state index in [-0.39, 0.29) is 0 Å². The molecule has 0 saturated carbocycles. The molecule has 2 aromatic rings. The molecule has 0 aliphatic carbocycles. The number of aromatic nitrogens is 4. The molecule has 0 radical (unpaired) electrons. The number of aryl methyl sites for hydroxylation is 4. The second kappa shape index (κ2) is 3.46. The first-order valence-corrected chi connectivity index (χ1v) is 4.89.